The Morgan fingerprint density at radius 3 is 1.50 bits per heavy atom. The van der Waals surface area contributed by atoms with E-state index in [1.54, 1.807) is 0 Å². The van der Waals surface area contributed by atoms with Gasteiger partial charge in [-0.25, -0.2) is 0 Å². The molecule has 0 spiro atoms. The molecule has 0 rings (SSSR count). The van der Waals surface area contributed by atoms with Crippen LogP contribution in [0.15, 0.2) is 0 Å². The normalized spacial score (nSPS) is 8.75. The van der Waals surface area contributed by atoms with Crippen LogP contribution in [0.2, 0.25) is 0 Å². The van der Waals surface area contributed by atoms with Crippen LogP contribution in [0.25, 0.3) is 0 Å². The van der Waals surface area contributed by atoms with Gasteiger partial charge in [0.15, 0.2) is 0 Å². The Balaban J connectivity index is -0.000000125. The Bertz CT molecular complexity index is 78.1. The Hall–Kier alpha value is 1.89. The van der Waals surface area contributed by atoms with Crippen LogP contribution in [0.4, 0.5) is 0 Å². The minimum Gasteiger partial charge on any atom is 1.00 e. The molecule has 0 aromatic heterocycles. The quantitative estimate of drug-likeness (QED) is 0.282. The van der Waals surface area contributed by atoms with Crippen LogP contribution < -0.4 is 47.5 Å². The van der Waals surface area contributed by atoms with Crippen molar-refractivity contribution in [1.29, 1.82) is 0 Å². The molecule has 8 heteroatoms. The van der Waals surface area contributed by atoms with Crippen LogP contribution in [0.3, 0.4) is 0 Å². The van der Waals surface area contributed by atoms with Crippen molar-refractivity contribution < 1.29 is 73.3 Å². The first-order valence-electron chi connectivity index (χ1n) is 0.913. The molecule has 0 fully saturated rings. The fourth-order valence-corrected chi connectivity index (χ4v) is 0. The summed E-state index contributed by atoms with van der Waals surface area (Å²) >= 11 is 1.21. The summed E-state index contributed by atoms with van der Waals surface area (Å²) in [5.74, 6) is 0. The van der Waals surface area contributed by atoms with Crippen LogP contribution in [0, 0.1) is 0 Å². The van der Waals surface area contributed by atoms with Crippen molar-refractivity contribution in [2.24, 2.45) is 0 Å². The first-order chi connectivity index (χ1) is 2.56. The molecule has 0 aromatic rings. The Morgan fingerprint density at radius 1 is 1.38 bits per heavy atom. The molecule has 0 aliphatic rings. The summed E-state index contributed by atoms with van der Waals surface area (Å²) in [7, 11) is -4.67. The van der Waals surface area contributed by atoms with E-state index >= 15 is 0 Å². The predicted molar refractivity (Wildman–Crippen MR) is 8.69 cm³/mol. The number of rotatable bonds is 1. The van der Waals surface area contributed by atoms with Gasteiger partial charge in [-0.2, -0.15) is 0 Å². The molecular weight excluding hydrogens is 160 g/mol. The van der Waals surface area contributed by atoms with E-state index in [2.05, 4.69) is 3.45 Å². The second-order valence-electron chi connectivity index (χ2n) is 0.529. The topological polar surface area (TPSA) is 72.4 Å². The zero-order valence-corrected chi connectivity index (χ0v) is 6.82. The van der Waals surface area contributed by atoms with Crippen LogP contribution >= 0.6 is 7.82 Å². The van der Waals surface area contributed by atoms with E-state index in [-0.39, 0.29) is 37.7 Å². The van der Waals surface area contributed by atoms with Gasteiger partial charge in [-0.05, 0) is 0 Å². The number of phosphoric acid groups is 1. The third kappa shape index (κ3) is 15.7. The summed E-state index contributed by atoms with van der Waals surface area (Å²) in [6.07, 6.45) is 0. The first-order valence-corrected chi connectivity index (χ1v) is 2.94. The molecule has 0 heterocycles. The van der Waals surface area contributed by atoms with Crippen molar-refractivity contribution in [3.63, 3.8) is 0 Å². The molecule has 8 heavy (non-hydrogen) atoms. The Kier molecular flexibility index (Phi) is 14.4. The molecule has 36 valence electrons. The van der Waals surface area contributed by atoms with Gasteiger partial charge >= 0.3 is 81.1 Å². The standard InChI is InChI=1S/2Li.H3O4P.V/c;;1-5(2,3)4;/h;;(H3,1,2,3,4);/q2*+1;;+1/p-3. The fourth-order valence-electron chi connectivity index (χ4n) is 0. The molecule has 0 radical (unpaired) electrons. The third-order valence-corrected chi connectivity index (χ3v) is 1.24. The average Bonchev–Trinajstić information content (AvgIpc) is 1.35. The van der Waals surface area contributed by atoms with E-state index in [1.807, 2.05) is 0 Å². The van der Waals surface area contributed by atoms with Gasteiger partial charge in [0.2, 0.25) is 0 Å². The van der Waals surface area contributed by atoms with Crippen molar-refractivity contribution in [2.45, 2.75) is 0 Å². The largest absolute Gasteiger partial charge is 1.00 e. The van der Waals surface area contributed by atoms with Gasteiger partial charge in [0.25, 0.3) is 0 Å². The molecule has 0 N–H and O–H groups in total. The summed E-state index contributed by atoms with van der Waals surface area (Å²) in [6.45, 7) is 0. The molecule has 0 aliphatic carbocycles. The van der Waals surface area contributed by atoms with E-state index < -0.39 is 7.82 Å². The van der Waals surface area contributed by atoms with E-state index in [9.17, 15) is 14.4 Å². The van der Waals surface area contributed by atoms with Crippen LogP contribution in [-0.4, -0.2) is 0 Å². The van der Waals surface area contributed by atoms with Crippen LogP contribution in [-0.2, 0) is 25.8 Å². The van der Waals surface area contributed by atoms with Crippen molar-refractivity contribution in [1.82, 2.24) is 0 Å². The molecule has 0 unspecified atom stereocenters. The van der Waals surface area contributed by atoms with E-state index in [0.717, 1.165) is 0 Å². The average molecular weight is 160 g/mol. The second-order valence-corrected chi connectivity index (χ2v) is 2.35. The summed E-state index contributed by atoms with van der Waals surface area (Å²) < 4.78 is 12.6. The second kappa shape index (κ2) is 7.00. The maximum absolute atomic E-state index is 9.23. The van der Waals surface area contributed by atoms with Crippen LogP contribution in [0.5, 0.6) is 0 Å². The summed E-state index contributed by atoms with van der Waals surface area (Å²) in [5, 5.41) is 0. The van der Waals surface area contributed by atoms with Crippen molar-refractivity contribution in [3.8, 4) is 0 Å². The van der Waals surface area contributed by atoms with Gasteiger partial charge in [-0.1, -0.05) is 0 Å². The van der Waals surface area contributed by atoms with Crippen molar-refractivity contribution >= 4 is 7.82 Å². The van der Waals surface area contributed by atoms with E-state index in [1.165, 1.54) is 17.8 Å². The Labute approximate surface area is 80.7 Å². The smallest absolute Gasteiger partial charge is 1.00 e. The minimum absolute atomic E-state index is 0. The first kappa shape index (κ1) is 16.5. The molecular formula is Li2O4PV. The van der Waals surface area contributed by atoms with Gasteiger partial charge in [-0.15, -0.1) is 0 Å². The fraction of sp³-hybridized carbons (Fsp3) is 0. The van der Waals surface area contributed by atoms with Crippen LogP contribution in [0.1, 0.15) is 0 Å². The molecule has 0 saturated heterocycles. The maximum Gasteiger partial charge on any atom is 1.00 e. The molecule has 0 bridgehead atoms. The molecule has 0 aliphatic heterocycles. The monoisotopic (exact) mass is 160 g/mol. The SMILES string of the molecule is O=P([O-])([O-])[O][V].[Li+].[Li+]. The van der Waals surface area contributed by atoms with Gasteiger partial charge in [0.1, 0.15) is 0 Å². The molecule has 0 atom stereocenters. The third-order valence-electron chi connectivity index (χ3n) is 0.100. The van der Waals surface area contributed by atoms with E-state index in [4.69, 9.17) is 0 Å². The zero-order valence-electron chi connectivity index (χ0n) is 4.53. The summed E-state index contributed by atoms with van der Waals surface area (Å²) in [4.78, 5) is 18.5. The van der Waals surface area contributed by atoms with Crippen molar-refractivity contribution in [3.05, 3.63) is 0 Å². The van der Waals surface area contributed by atoms with Gasteiger partial charge in [0, 0.05) is 0 Å². The maximum atomic E-state index is 9.23. The Morgan fingerprint density at radius 2 is 1.50 bits per heavy atom. The summed E-state index contributed by atoms with van der Waals surface area (Å²) in [6, 6.07) is 0. The summed E-state index contributed by atoms with van der Waals surface area (Å²) in [5.41, 5.74) is 0. The zero-order chi connectivity index (χ0) is 5.21. The minimum atomic E-state index is -4.67. The van der Waals surface area contributed by atoms with E-state index in [0.29, 0.717) is 0 Å². The molecule has 0 amide bonds. The van der Waals surface area contributed by atoms with Crippen molar-refractivity contribution in [2.75, 3.05) is 0 Å². The van der Waals surface area contributed by atoms with Gasteiger partial charge in [-0.3, -0.25) is 0 Å². The predicted octanol–water partition coefficient (Wildman–Crippen LogP) is -7.70. The number of hydrogen-bond acceptors (Lipinski definition) is 4. The van der Waals surface area contributed by atoms with Gasteiger partial charge < -0.3 is 0 Å². The van der Waals surface area contributed by atoms with Gasteiger partial charge in [0.05, 0.1) is 0 Å². The molecule has 4 nitrogen and oxygen atoms in total. The molecule has 0 saturated carbocycles. The molecule has 0 aromatic carbocycles. The number of hydrogen-bond donors (Lipinski definition) is 0.